The van der Waals surface area contributed by atoms with Crippen LogP contribution in [-0.2, 0) is 0 Å². The molecule has 2 aromatic rings. The lowest BCUT2D eigenvalue weighted by atomic mass is 9.95. The van der Waals surface area contributed by atoms with E-state index < -0.39 is 0 Å². The van der Waals surface area contributed by atoms with Crippen LogP contribution in [0.3, 0.4) is 0 Å². The van der Waals surface area contributed by atoms with Crippen molar-refractivity contribution in [2.45, 2.75) is 26.3 Å². The lowest BCUT2D eigenvalue weighted by Crippen LogP contribution is -2.31. The molecule has 0 bridgehead atoms. The summed E-state index contributed by atoms with van der Waals surface area (Å²) >= 11 is 6.21. The molecule has 0 unspecified atom stereocenters. The fourth-order valence-corrected chi connectivity index (χ4v) is 3.60. The van der Waals surface area contributed by atoms with Crippen LogP contribution in [0.2, 0.25) is 5.02 Å². The summed E-state index contributed by atoms with van der Waals surface area (Å²) in [4.78, 5) is 12.9. The normalized spacial score (nSPS) is 15.9. The molecule has 1 amide bonds. The zero-order valence-corrected chi connectivity index (χ0v) is 16.5. The smallest absolute Gasteiger partial charge is 0.251 e. The molecule has 0 spiro atoms. The van der Waals surface area contributed by atoms with E-state index in [1.807, 2.05) is 18.2 Å². The number of halogens is 1. The van der Waals surface area contributed by atoms with Crippen LogP contribution in [0.5, 0.6) is 23.0 Å². The average molecular weight is 404 g/mol. The molecular weight excluding hydrogens is 382 g/mol. The summed E-state index contributed by atoms with van der Waals surface area (Å²) in [6.45, 7) is 5.47. The van der Waals surface area contributed by atoms with Crippen molar-refractivity contribution in [3.05, 3.63) is 46.5 Å². The van der Waals surface area contributed by atoms with Crippen molar-refractivity contribution in [2.24, 2.45) is 5.92 Å². The monoisotopic (exact) mass is 403 g/mol. The van der Waals surface area contributed by atoms with Crippen molar-refractivity contribution >= 4 is 17.5 Å². The molecule has 28 heavy (non-hydrogen) atoms. The Balaban J connectivity index is 1.58. The third-order valence-corrected chi connectivity index (χ3v) is 5.05. The number of benzene rings is 2. The van der Waals surface area contributed by atoms with Crippen LogP contribution >= 0.6 is 11.6 Å². The van der Waals surface area contributed by atoms with Gasteiger partial charge in [0.05, 0.1) is 24.3 Å². The predicted octanol–water partition coefficient (Wildman–Crippen LogP) is 4.36. The molecule has 0 aliphatic carbocycles. The first kappa shape index (κ1) is 18.7. The molecule has 2 aliphatic heterocycles. The van der Waals surface area contributed by atoms with E-state index in [4.69, 9.17) is 30.5 Å². The molecule has 1 atom stereocenters. The summed E-state index contributed by atoms with van der Waals surface area (Å²) in [7, 11) is 0. The zero-order valence-electron chi connectivity index (χ0n) is 15.8. The van der Waals surface area contributed by atoms with Crippen molar-refractivity contribution in [3.63, 3.8) is 0 Å². The van der Waals surface area contributed by atoms with Crippen molar-refractivity contribution in [3.8, 4) is 23.0 Å². The molecule has 6 nitrogen and oxygen atoms in total. The van der Waals surface area contributed by atoms with Gasteiger partial charge in [0.1, 0.15) is 0 Å². The number of hydrogen-bond donors (Lipinski definition) is 1. The number of ether oxygens (including phenoxy) is 4. The Hall–Kier alpha value is -2.60. The number of fused-ring (bicyclic) bond motifs is 2. The summed E-state index contributed by atoms with van der Waals surface area (Å²) in [5, 5.41) is 3.46. The van der Waals surface area contributed by atoms with Gasteiger partial charge in [-0.05, 0) is 35.7 Å². The van der Waals surface area contributed by atoms with E-state index in [2.05, 4.69) is 19.2 Å². The van der Waals surface area contributed by atoms with E-state index >= 15 is 0 Å². The maximum absolute atomic E-state index is 12.9. The Labute approximate surface area is 168 Å². The molecule has 148 valence electrons. The maximum atomic E-state index is 12.9. The van der Waals surface area contributed by atoms with Crippen molar-refractivity contribution in [1.29, 1.82) is 0 Å². The molecule has 0 aromatic heterocycles. The quantitative estimate of drug-likeness (QED) is 0.821. The molecule has 2 heterocycles. The van der Waals surface area contributed by atoms with Gasteiger partial charge >= 0.3 is 0 Å². The van der Waals surface area contributed by atoms with Crippen LogP contribution in [0.1, 0.15) is 42.2 Å². The molecule has 4 rings (SSSR count). The number of carbonyl (C=O) groups excluding carboxylic acids is 1. The summed E-state index contributed by atoms with van der Waals surface area (Å²) < 4.78 is 22.2. The van der Waals surface area contributed by atoms with Gasteiger partial charge in [-0.15, -0.1) is 0 Å². The second-order valence-electron chi connectivity index (χ2n) is 7.14. The van der Waals surface area contributed by atoms with E-state index in [0.717, 1.165) is 17.7 Å². The maximum Gasteiger partial charge on any atom is 0.251 e. The number of amides is 1. The fraction of sp³-hybridized carbons (Fsp3) is 0.381. The van der Waals surface area contributed by atoms with E-state index in [1.165, 1.54) is 0 Å². The lowest BCUT2D eigenvalue weighted by molar-refractivity contribution is 0.0925. The van der Waals surface area contributed by atoms with Gasteiger partial charge < -0.3 is 24.3 Å². The summed E-state index contributed by atoms with van der Waals surface area (Å²) in [5.74, 6) is 2.33. The third kappa shape index (κ3) is 3.69. The second kappa shape index (κ2) is 7.80. The molecule has 2 aliphatic rings. The van der Waals surface area contributed by atoms with Crippen LogP contribution in [0.15, 0.2) is 30.3 Å². The Morgan fingerprint density at radius 2 is 1.79 bits per heavy atom. The molecule has 0 saturated carbocycles. The molecule has 1 N–H and O–H groups in total. The molecule has 0 saturated heterocycles. The Morgan fingerprint density at radius 1 is 1.00 bits per heavy atom. The van der Waals surface area contributed by atoms with E-state index in [1.54, 1.807) is 12.1 Å². The Morgan fingerprint density at radius 3 is 2.57 bits per heavy atom. The number of rotatable bonds is 4. The largest absolute Gasteiger partial charge is 0.490 e. The van der Waals surface area contributed by atoms with Gasteiger partial charge in [0.25, 0.3) is 5.91 Å². The van der Waals surface area contributed by atoms with Crippen LogP contribution in [-0.4, -0.2) is 25.9 Å². The molecule has 0 radical (unpaired) electrons. The third-order valence-electron chi connectivity index (χ3n) is 4.77. The van der Waals surface area contributed by atoms with Crippen LogP contribution in [0.25, 0.3) is 0 Å². The minimum absolute atomic E-state index is 0.103. The van der Waals surface area contributed by atoms with Crippen LogP contribution in [0.4, 0.5) is 0 Å². The van der Waals surface area contributed by atoms with Crippen molar-refractivity contribution in [2.75, 3.05) is 20.0 Å². The van der Waals surface area contributed by atoms with Crippen molar-refractivity contribution < 1.29 is 23.7 Å². The number of hydrogen-bond acceptors (Lipinski definition) is 5. The molecule has 0 fully saturated rings. The first-order valence-electron chi connectivity index (χ1n) is 9.32. The van der Waals surface area contributed by atoms with Gasteiger partial charge in [0.15, 0.2) is 23.0 Å². The summed E-state index contributed by atoms with van der Waals surface area (Å²) in [6.07, 6.45) is 0.846. The summed E-state index contributed by atoms with van der Waals surface area (Å²) in [6, 6.07) is 8.84. The molecule has 7 heteroatoms. The number of carbonyl (C=O) groups is 1. The molecular formula is C21H22ClNO5. The van der Waals surface area contributed by atoms with Gasteiger partial charge in [-0.2, -0.15) is 0 Å². The molecule has 2 aromatic carbocycles. The topological polar surface area (TPSA) is 66.0 Å². The van der Waals surface area contributed by atoms with Gasteiger partial charge in [0.2, 0.25) is 6.79 Å². The predicted molar refractivity (Wildman–Crippen MR) is 105 cm³/mol. The van der Waals surface area contributed by atoms with Crippen LogP contribution < -0.4 is 24.3 Å². The van der Waals surface area contributed by atoms with E-state index in [-0.39, 0.29) is 24.7 Å². The Bertz CT molecular complexity index is 899. The highest BCUT2D eigenvalue weighted by atomic mass is 35.5. The SMILES string of the molecule is CC(C)[C@H](NC(=O)c1cc(Cl)c2c(c1)OCO2)c1ccc2c(c1)OCCCO2. The lowest BCUT2D eigenvalue weighted by Gasteiger charge is -2.24. The highest BCUT2D eigenvalue weighted by molar-refractivity contribution is 6.32. The first-order chi connectivity index (χ1) is 13.5. The van der Waals surface area contributed by atoms with Gasteiger partial charge in [-0.25, -0.2) is 0 Å². The van der Waals surface area contributed by atoms with E-state index in [0.29, 0.717) is 41.0 Å². The van der Waals surface area contributed by atoms with Gasteiger partial charge in [-0.3, -0.25) is 4.79 Å². The van der Waals surface area contributed by atoms with Crippen LogP contribution in [0, 0.1) is 5.92 Å². The minimum atomic E-state index is -0.231. The first-order valence-corrected chi connectivity index (χ1v) is 9.70. The van der Waals surface area contributed by atoms with Crippen molar-refractivity contribution in [1.82, 2.24) is 5.32 Å². The second-order valence-corrected chi connectivity index (χ2v) is 7.55. The number of nitrogens with one attached hydrogen (secondary N) is 1. The zero-order chi connectivity index (χ0) is 19.7. The van der Waals surface area contributed by atoms with Gasteiger partial charge in [0, 0.05) is 12.0 Å². The highest BCUT2D eigenvalue weighted by Gasteiger charge is 2.24. The van der Waals surface area contributed by atoms with E-state index in [9.17, 15) is 4.79 Å². The van der Waals surface area contributed by atoms with Gasteiger partial charge in [-0.1, -0.05) is 31.5 Å². The Kier molecular flexibility index (Phi) is 5.22. The highest BCUT2D eigenvalue weighted by Crippen LogP contribution is 2.40. The fourth-order valence-electron chi connectivity index (χ4n) is 3.33. The average Bonchev–Trinajstić information content (AvgIpc) is 3.03. The minimum Gasteiger partial charge on any atom is -0.490 e. The standard InChI is InChI=1S/C21H22ClNO5/c1-12(2)19(13-4-5-16-17(9-13)26-7-3-6-25-16)23-21(24)14-8-15(22)20-18(10-14)27-11-28-20/h4-5,8-10,12,19H,3,6-7,11H2,1-2H3,(H,23,24)/t19-/m0/s1. The summed E-state index contributed by atoms with van der Waals surface area (Å²) in [5.41, 5.74) is 1.38.